The van der Waals surface area contributed by atoms with Crippen LogP contribution in [-0.2, 0) is 14.1 Å². The maximum absolute atomic E-state index is 10.0. The number of benzene rings is 1. The molecular weight excluding hydrogens is 228 g/mol. The Labute approximate surface area is 104 Å². The highest BCUT2D eigenvalue weighted by molar-refractivity contribution is 5.99. The first-order valence-electron chi connectivity index (χ1n) is 5.65. The zero-order chi connectivity index (χ0) is 12.9. The highest BCUT2D eigenvalue weighted by Crippen LogP contribution is 2.35. The van der Waals surface area contributed by atoms with Crippen molar-refractivity contribution >= 4 is 16.7 Å². The van der Waals surface area contributed by atoms with Gasteiger partial charge in [0.2, 0.25) is 0 Å². The minimum atomic E-state index is 0.257. The molecule has 0 saturated heterocycles. The molecule has 0 radical (unpaired) electrons. The maximum atomic E-state index is 10.0. The van der Waals surface area contributed by atoms with Crippen LogP contribution in [0.1, 0.15) is 0 Å². The molecule has 3 rings (SSSR count). The van der Waals surface area contributed by atoms with E-state index in [-0.39, 0.29) is 5.75 Å². The van der Waals surface area contributed by atoms with Crippen molar-refractivity contribution in [3.05, 3.63) is 30.5 Å². The number of phenols is 1. The van der Waals surface area contributed by atoms with E-state index in [2.05, 4.69) is 5.10 Å². The third-order valence-electron chi connectivity index (χ3n) is 3.18. The summed E-state index contributed by atoms with van der Waals surface area (Å²) in [6.45, 7) is 0. The van der Waals surface area contributed by atoms with Crippen LogP contribution in [0.5, 0.6) is 5.75 Å². The second-order valence-electron chi connectivity index (χ2n) is 4.40. The van der Waals surface area contributed by atoms with Crippen LogP contribution in [-0.4, -0.2) is 19.5 Å². The second kappa shape index (κ2) is 3.53. The third-order valence-corrected chi connectivity index (χ3v) is 3.18. The number of phenolic OH excluding ortho intramolecular Hbond substituents is 1. The number of hydrogen-bond donors (Lipinski definition) is 2. The molecule has 92 valence electrons. The van der Waals surface area contributed by atoms with Crippen molar-refractivity contribution in [3.63, 3.8) is 0 Å². The van der Waals surface area contributed by atoms with Gasteiger partial charge in [-0.3, -0.25) is 4.68 Å². The first kappa shape index (κ1) is 10.7. The Balaban J connectivity index is 2.36. The number of hydrogen-bond acceptors (Lipinski definition) is 3. The van der Waals surface area contributed by atoms with E-state index in [1.807, 2.05) is 29.9 Å². The average Bonchev–Trinajstić information content (AvgIpc) is 2.83. The lowest BCUT2D eigenvalue weighted by Crippen LogP contribution is -1.96. The van der Waals surface area contributed by atoms with E-state index < -0.39 is 0 Å². The van der Waals surface area contributed by atoms with Crippen LogP contribution in [0.3, 0.4) is 0 Å². The van der Waals surface area contributed by atoms with Gasteiger partial charge in [0, 0.05) is 31.9 Å². The van der Waals surface area contributed by atoms with Gasteiger partial charge in [-0.15, -0.1) is 0 Å². The van der Waals surface area contributed by atoms with Crippen LogP contribution in [0.4, 0.5) is 5.82 Å². The largest absolute Gasteiger partial charge is 0.507 e. The Hall–Kier alpha value is -2.43. The first-order valence-corrected chi connectivity index (χ1v) is 5.65. The number of nitrogens with two attached hydrogens (primary N) is 1. The lowest BCUT2D eigenvalue weighted by Gasteiger charge is -1.98. The van der Waals surface area contributed by atoms with Crippen molar-refractivity contribution in [1.82, 2.24) is 14.3 Å². The highest BCUT2D eigenvalue weighted by Gasteiger charge is 2.14. The summed E-state index contributed by atoms with van der Waals surface area (Å²) in [5.41, 5.74) is 8.42. The summed E-state index contributed by atoms with van der Waals surface area (Å²) in [5, 5.41) is 15.2. The fourth-order valence-electron chi connectivity index (χ4n) is 2.23. The first-order chi connectivity index (χ1) is 8.58. The standard InChI is InChI=1S/C13H14N4O/c1-16-7-8(9-6-12(14)17(2)15-9)13-10(16)4-3-5-11(13)18/h3-7,18H,14H2,1-2H3. The van der Waals surface area contributed by atoms with Crippen LogP contribution in [0.2, 0.25) is 0 Å². The van der Waals surface area contributed by atoms with E-state index in [9.17, 15) is 5.11 Å². The van der Waals surface area contributed by atoms with Crippen LogP contribution in [0.15, 0.2) is 30.5 Å². The number of aryl methyl sites for hydroxylation is 2. The molecular formula is C13H14N4O. The van der Waals surface area contributed by atoms with Gasteiger partial charge in [0.05, 0.1) is 16.6 Å². The number of nitrogen functional groups attached to an aromatic ring is 1. The monoisotopic (exact) mass is 242 g/mol. The summed E-state index contributed by atoms with van der Waals surface area (Å²) in [6.07, 6.45) is 1.95. The molecule has 0 aliphatic heterocycles. The Morgan fingerprint density at radius 1 is 1.28 bits per heavy atom. The van der Waals surface area contributed by atoms with Crippen molar-refractivity contribution < 1.29 is 5.11 Å². The molecule has 5 nitrogen and oxygen atoms in total. The molecule has 5 heteroatoms. The van der Waals surface area contributed by atoms with Crippen molar-refractivity contribution in [2.45, 2.75) is 0 Å². The Kier molecular flexibility index (Phi) is 2.10. The van der Waals surface area contributed by atoms with Gasteiger partial charge in [0.25, 0.3) is 0 Å². The molecule has 18 heavy (non-hydrogen) atoms. The van der Waals surface area contributed by atoms with Gasteiger partial charge < -0.3 is 15.4 Å². The highest BCUT2D eigenvalue weighted by atomic mass is 16.3. The lowest BCUT2D eigenvalue weighted by molar-refractivity contribution is 0.482. The van der Waals surface area contributed by atoms with Crippen LogP contribution in [0, 0.1) is 0 Å². The Morgan fingerprint density at radius 3 is 2.72 bits per heavy atom. The third kappa shape index (κ3) is 1.37. The van der Waals surface area contributed by atoms with Crippen molar-refractivity contribution in [2.24, 2.45) is 14.1 Å². The van der Waals surface area contributed by atoms with Crippen LogP contribution in [0.25, 0.3) is 22.2 Å². The number of aromatic hydroxyl groups is 1. The fourth-order valence-corrected chi connectivity index (χ4v) is 2.23. The smallest absolute Gasteiger partial charge is 0.125 e. The SMILES string of the molecule is Cn1nc(-c2cn(C)c3cccc(O)c23)cc1N. The summed E-state index contributed by atoms with van der Waals surface area (Å²) in [4.78, 5) is 0. The van der Waals surface area contributed by atoms with Gasteiger partial charge in [-0.2, -0.15) is 5.10 Å². The molecule has 0 atom stereocenters. The lowest BCUT2D eigenvalue weighted by atomic mass is 10.1. The van der Waals surface area contributed by atoms with Crippen molar-refractivity contribution in [3.8, 4) is 17.0 Å². The summed E-state index contributed by atoms with van der Waals surface area (Å²) in [5.74, 6) is 0.852. The molecule has 0 aliphatic rings. The summed E-state index contributed by atoms with van der Waals surface area (Å²) in [6, 6.07) is 7.28. The maximum Gasteiger partial charge on any atom is 0.125 e. The van der Waals surface area contributed by atoms with Gasteiger partial charge in [-0.05, 0) is 12.1 Å². The molecule has 0 fully saturated rings. The second-order valence-corrected chi connectivity index (χ2v) is 4.40. The molecule has 3 N–H and O–H groups in total. The number of rotatable bonds is 1. The predicted octanol–water partition coefficient (Wildman–Crippen LogP) is 1.87. The van der Waals surface area contributed by atoms with Gasteiger partial charge in [-0.25, -0.2) is 0 Å². The number of nitrogens with zero attached hydrogens (tertiary/aromatic N) is 3. The summed E-state index contributed by atoms with van der Waals surface area (Å²) in [7, 11) is 3.74. The van der Waals surface area contributed by atoms with Gasteiger partial charge in [0.15, 0.2) is 0 Å². The average molecular weight is 242 g/mol. The topological polar surface area (TPSA) is 69.0 Å². The summed E-state index contributed by atoms with van der Waals surface area (Å²) >= 11 is 0. The molecule has 0 spiro atoms. The zero-order valence-electron chi connectivity index (χ0n) is 10.3. The molecule has 3 aromatic rings. The van der Waals surface area contributed by atoms with Crippen LogP contribution < -0.4 is 5.73 Å². The van der Waals surface area contributed by atoms with Gasteiger partial charge in [0.1, 0.15) is 11.6 Å². The normalized spacial score (nSPS) is 11.2. The van der Waals surface area contributed by atoms with Gasteiger partial charge >= 0.3 is 0 Å². The summed E-state index contributed by atoms with van der Waals surface area (Å²) < 4.78 is 3.59. The minimum Gasteiger partial charge on any atom is -0.507 e. The molecule has 0 aliphatic carbocycles. The quantitative estimate of drug-likeness (QED) is 0.684. The molecule has 0 amide bonds. The van der Waals surface area contributed by atoms with E-state index in [1.54, 1.807) is 23.9 Å². The van der Waals surface area contributed by atoms with Crippen molar-refractivity contribution in [1.29, 1.82) is 0 Å². The van der Waals surface area contributed by atoms with E-state index >= 15 is 0 Å². The predicted molar refractivity (Wildman–Crippen MR) is 71.2 cm³/mol. The zero-order valence-corrected chi connectivity index (χ0v) is 10.3. The van der Waals surface area contributed by atoms with E-state index in [0.29, 0.717) is 5.82 Å². The fraction of sp³-hybridized carbons (Fsp3) is 0.154. The number of fused-ring (bicyclic) bond motifs is 1. The Morgan fingerprint density at radius 2 is 2.06 bits per heavy atom. The van der Waals surface area contributed by atoms with E-state index in [0.717, 1.165) is 22.2 Å². The molecule has 0 unspecified atom stereocenters. The van der Waals surface area contributed by atoms with Crippen LogP contribution >= 0.6 is 0 Å². The molecule has 2 heterocycles. The van der Waals surface area contributed by atoms with Crippen molar-refractivity contribution in [2.75, 3.05) is 5.73 Å². The van der Waals surface area contributed by atoms with E-state index in [4.69, 9.17) is 5.73 Å². The van der Waals surface area contributed by atoms with Gasteiger partial charge in [-0.1, -0.05) is 6.07 Å². The molecule has 0 bridgehead atoms. The molecule has 2 aromatic heterocycles. The molecule has 0 saturated carbocycles. The number of anilines is 1. The molecule has 1 aromatic carbocycles. The Bertz CT molecular complexity index is 719. The number of aromatic nitrogens is 3. The van der Waals surface area contributed by atoms with E-state index in [1.165, 1.54) is 0 Å². The minimum absolute atomic E-state index is 0.257.